The molecule has 0 aromatic heterocycles. The standard InChI is InChI=1S/C3H3N.C2H6N2O/c1-2-3-4;1-4(2)3-5/h2H,1H2;1-2H3. The summed E-state index contributed by atoms with van der Waals surface area (Å²) in [6.07, 6.45) is 1.18. The van der Waals surface area contributed by atoms with Crippen LogP contribution in [0.25, 0.3) is 0 Å². The first-order chi connectivity index (χ1) is 4.18. The van der Waals surface area contributed by atoms with Crippen molar-refractivity contribution in [3.8, 4) is 6.07 Å². The Morgan fingerprint density at radius 3 is 2.00 bits per heavy atom. The Morgan fingerprint density at radius 1 is 1.78 bits per heavy atom. The van der Waals surface area contributed by atoms with E-state index in [9.17, 15) is 4.91 Å². The van der Waals surface area contributed by atoms with Gasteiger partial charge in [0.25, 0.3) is 0 Å². The summed E-state index contributed by atoms with van der Waals surface area (Å²) in [6, 6.07) is 1.69. The van der Waals surface area contributed by atoms with Gasteiger partial charge in [0.2, 0.25) is 0 Å². The van der Waals surface area contributed by atoms with Gasteiger partial charge in [0, 0.05) is 20.2 Å². The lowest BCUT2D eigenvalue weighted by Gasteiger charge is -1.90. The van der Waals surface area contributed by atoms with Crippen LogP contribution >= 0.6 is 0 Å². The highest BCUT2D eigenvalue weighted by atomic mass is 16.3. The van der Waals surface area contributed by atoms with Gasteiger partial charge in [-0.3, -0.25) is 5.01 Å². The lowest BCUT2D eigenvalue weighted by molar-refractivity contribution is 0.431. The molecule has 0 aromatic carbocycles. The van der Waals surface area contributed by atoms with E-state index in [4.69, 9.17) is 5.26 Å². The fourth-order valence-corrected chi connectivity index (χ4v) is 0. The summed E-state index contributed by atoms with van der Waals surface area (Å²) >= 11 is 0. The molecule has 0 N–H and O–H groups in total. The second kappa shape index (κ2) is 9.80. The summed E-state index contributed by atoms with van der Waals surface area (Å²) in [7, 11) is 3.15. The van der Waals surface area contributed by atoms with Gasteiger partial charge in [0.15, 0.2) is 0 Å². The molecule has 4 heteroatoms. The molecule has 0 saturated carbocycles. The van der Waals surface area contributed by atoms with E-state index < -0.39 is 0 Å². The maximum absolute atomic E-state index is 9.18. The first kappa shape index (κ1) is 10.6. The van der Waals surface area contributed by atoms with Crippen molar-refractivity contribution in [2.75, 3.05) is 14.1 Å². The van der Waals surface area contributed by atoms with Gasteiger partial charge >= 0.3 is 0 Å². The summed E-state index contributed by atoms with van der Waals surface area (Å²) in [5.41, 5.74) is 0. The SMILES string of the molecule is C=CC#N.CN(C)N=O. The average molecular weight is 127 g/mol. The van der Waals surface area contributed by atoms with Crippen molar-refractivity contribution in [3.05, 3.63) is 17.6 Å². The molecule has 50 valence electrons. The molecule has 4 nitrogen and oxygen atoms in total. The number of nitriles is 1. The van der Waals surface area contributed by atoms with Crippen LogP contribution in [0.5, 0.6) is 0 Å². The van der Waals surface area contributed by atoms with Crippen molar-refractivity contribution in [2.24, 2.45) is 5.29 Å². The molecule has 0 unspecified atom stereocenters. The van der Waals surface area contributed by atoms with E-state index in [1.54, 1.807) is 20.2 Å². The van der Waals surface area contributed by atoms with Gasteiger partial charge < -0.3 is 0 Å². The highest BCUT2D eigenvalue weighted by Crippen LogP contribution is 1.64. The van der Waals surface area contributed by atoms with Gasteiger partial charge in [-0.05, 0) is 0 Å². The molecule has 0 aliphatic rings. The van der Waals surface area contributed by atoms with Crippen LogP contribution in [0.4, 0.5) is 0 Å². The van der Waals surface area contributed by atoms with E-state index >= 15 is 0 Å². The predicted molar refractivity (Wildman–Crippen MR) is 35.3 cm³/mol. The van der Waals surface area contributed by atoms with Crippen LogP contribution in [0.2, 0.25) is 0 Å². The molecular weight excluding hydrogens is 118 g/mol. The third-order valence-corrected chi connectivity index (χ3v) is 0.255. The first-order valence-corrected chi connectivity index (χ1v) is 2.20. The monoisotopic (exact) mass is 127 g/mol. The number of nitroso groups, excluding NO2 is 1. The number of nitrogens with zero attached hydrogens (tertiary/aromatic N) is 3. The summed E-state index contributed by atoms with van der Waals surface area (Å²) in [6.45, 7) is 3.12. The van der Waals surface area contributed by atoms with E-state index in [-0.39, 0.29) is 0 Å². The molecular formula is C5H9N3O. The van der Waals surface area contributed by atoms with Crippen LogP contribution in [0.1, 0.15) is 0 Å². The zero-order chi connectivity index (χ0) is 7.70. The third kappa shape index (κ3) is 53.5. The smallest absolute Gasteiger partial charge is 0.0905 e. The van der Waals surface area contributed by atoms with Gasteiger partial charge in [0.1, 0.15) is 0 Å². The zero-order valence-corrected chi connectivity index (χ0v) is 5.53. The number of rotatable bonds is 1. The molecule has 0 bridgehead atoms. The van der Waals surface area contributed by atoms with Crippen molar-refractivity contribution >= 4 is 0 Å². The van der Waals surface area contributed by atoms with Crippen molar-refractivity contribution in [3.63, 3.8) is 0 Å². The van der Waals surface area contributed by atoms with E-state index in [0.717, 1.165) is 0 Å². The maximum Gasteiger partial charge on any atom is 0.0905 e. The Morgan fingerprint density at radius 2 is 2.00 bits per heavy atom. The van der Waals surface area contributed by atoms with Crippen molar-refractivity contribution < 1.29 is 0 Å². The van der Waals surface area contributed by atoms with Crippen LogP contribution in [-0.4, -0.2) is 19.1 Å². The molecule has 0 spiro atoms. The van der Waals surface area contributed by atoms with Crippen LogP contribution in [0.3, 0.4) is 0 Å². The minimum atomic E-state index is 1.18. The normalized spacial score (nSPS) is 5.44. The zero-order valence-electron chi connectivity index (χ0n) is 5.53. The van der Waals surface area contributed by atoms with Crippen LogP contribution < -0.4 is 0 Å². The van der Waals surface area contributed by atoms with E-state index in [0.29, 0.717) is 0 Å². The van der Waals surface area contributed by atoms with Crippen molar-refractivity contribution in [1.29, 1.82) is 5.26 Å². The minimum absolute atomic E-state index is 1.18. The molecule has 0 amide bonds. The summed E-state index contributed by atoms with van der Waals surface area (Å²) in [5.74, 6) is 0. The van der Waals surface area contributed by atoms with Crippen LogP contribution in [0.15, 0.2) is 17.9 Å². The fraction of sp³-hybridized carbons (Fsp3) is 0.400. The quantitative estimate of drug-likeness (QED) is 0.299. The minimum Gasteiger partial charge on any atom is -0.267 e. The van der Waals surface area contributed by atoms with E-state index in [2.05, 4.69) is 11.9 Å². The Balaban J connectivity index is 0. The summed E-state index contributed by atoms with van der Waals surface area (Å²) in [4.78, 5) is 9.18. The third-order valence-electron chi connectivity index (χ3n) is 0.255. The second-order valence-corrected chi connectivity index (χ2v) is 1.26. The second-order valence-electron chi connectivity index (χ2n) is 1.26. The lowest BCUT2D eigenvalue weighted by Crippen LogP contribution is -1.97. The number of allylic oxidation sites excluding steroid dienone is 1. The van der Waals surface area contributed by atoms with Crippen LogP contribution in [-0.2, 0) is 0 Å². The Bertz CT molecular complexity index is 114. The van der Waals surface area contributed by atoms with Crippen molar-refractivity contribution in [2.45, 2.75) is 0 Å². The number of hydrogen-bond donors (Lipinski definition) is 0. The molecule has 0 rings (SSSR count). The molecule has 0 aliphatic carbocycles. The molecule has 0 aromatic rings. The molecule has 0 radical (unpaired) electrons. The predicted octanol–water partition coefficient (Wildman–Crippen LogP) is 0.925. The van der Waals surface area contributed by atoms with E-state index in [1.165, 1.54) is 11.1 Å². The fourth-order valence-electron chi connectivity index (χ4n) is 0. The molecule has 0 aliphatic heterocycles. The molecule has 0 heterocycles. The van der Waals surface area contributed by atoms with Crippen molar-refractivity contribution in [1.82, 2.24) is 5.01 Å². The Labute approximate surface area is 54.3 Å². The largest absolute Gasteiger partial charge is 0.267 e. The topological polar surface area (TPSA) is 56.5 Å². The highest BCUT2D eigenvalue weighted by Gasteiger charge is 1.68. The highest BCUT2D eigenvalue weighted by molar-refractivity contribution is 4.93. The van der Waals surface area contributed by atoms with Gasteiger partial charge in [-0.25, -0.2) is 0 Å². The van der Waals surface area contributed by atoms with Gasteiger partial charge in [-0.15, -0.1) is 4.91 Å². The summed E-state index contributed by atoms with van der Waals surface area (Å²) < 4.78 is 0. The first-order valence-electron chi connectivity index (χ1n) is 2.20. The van der Waals surface area contributed by atoms with Crippen LogP contribution in [0, 0.1) is 16.2 Å². The molecule has 0 saturated heterocycles. The number of hydrogen-bond acceptors (Lipinski definition) is 3. The van der Waals surface area contributed by atoms with E-state index in [1.807, 2.05) is 0 Å². The van der Waals surface area contributed by atoms with Gasteiger partial charge in [-0.2, -0.15) is 5.26 Å². The Hall–Kier alpha value is -1.37. The van der Waals surface area contributed by atoms with Gasteiger partial charge in [0.05, 0.1) is 11.4 Å². The molecule has 0 atom stereocenters. The summed E-state index contributed by atoms with van der Waals surface area (Å²) in [5, 5.41) is 11.2. The molecule has 9 heavy (non-hydrogen) atoms. The molecule has 0 fully saturated rings. The lowest BCUT2D eigenvalue weighted by atomic mass is 10.8. The van der Waals surface area contributed by atoms with Gasteiger partial charge in [-0.1, -0.05) is 6.58 Å². The average Bonchev–Trinajstić information content (AvgIpc) is 1.89. The maximum atomic E-state index is 9.18. The Kier molecular flexibility index (Phi) is 11.5.